The van der Waals surface area contributed by atoms with Gasteiger partial charge in [0.1, 0.15) is 0 Å². The van der Waals surface area contributed by atoms with Gasteiger partial charge < -0.3 is 4.90 Å². The standard InChI is InChI=1S/C17H22N2/c1-14-6-7-15(11-18)10-16(14)19-12-17(13-19)8-4-2-3-5-9-17/h6-7,10H,2-5,8-9,12-13H2,1H3. The van der Waals surface area contributed by atoms with Crippen molar-refractivity contribution >= 4 is 5.69 Å². The van der Waals surface area contributed by atoms with Crippen LogP contribution in [0.25, 0.3) is 0 Å². The minimum atomic E-state index is 0.589. The fourth-order valence-corrected chi connectivity index (χ4v) is 3.75. The Kier molecular flexibility index (Phi) is 3.22. The van der Waals surface area contributed by atoms with Gasteiger partial charge in [0, 0.05) is 24.2 Å². The predicted octanol–water partition coefficient (Wildman–Crippen LogP) is 4.03. The number of aryl methyl sites for hydroxylation is 1. The summed E-state index contributed by atoms with van der Waals surface area (Å²) in [6, 6.07) is 8.30. The van der Waals surface area contributed by atoms with E-state index in [-0.39, 0.29) is 0 Å². The molecule has 2 aliphatic rings. The first-order chi connectivity index (χ1) is 9.22. The summed E-state index contributed by atoms with van der Waals surface area (Å²) in [5, 5.41) is 9.04. The Bertz CT molecular complexity index is 496. The molecule has 0 aromatic heterocycles. The minimum absolute atomic E-state index is 0.589. The van der Waals surface area contributed by atoms with Crippen molar-refractivity contribution in [2.75, 3.05) is 18.0 Å². The largest absolute Gasteiger partial charge is 0.370 e. The third-order valence-electron chi connectivity index (χ3n) is 4.90. The first-order valence-electron chi connectivity index (χ1n) is 7.48. The summed E-state index contributed by atoms with van der Waals surface area (Å²) in [6.07, 6.45) is 8.46. The van der Waals surface area contributed by atoms with Crippen molar-refractivity contribution in [2.45, 2.75) is 45.4 Å². The molecule has 1 saturated carbocycles. The van der Waals surface area contributed by atoms with E-state index in [0.717, 1.165) is 5.56 Å². The summed E-state index contributed by atoms with van der Waals surface area (Å²) >= 11 is 0. The van der Waals surface area contributed by atoms with Crippen LogP contribution in [0, 0.1) is 23.7 Å². The van der Waals surface area contributed by atoms with E-state index < -0.39 is 0 Å². The number of nitriles is 1. The van der Waals surface area contributed by atoms with Crippen LogP contribution >= 0.6 is 0 Å². The third-order valence-corrected chi connectivity index (χ3v) is 4.90. The fraction of sp³-hybridized carbons (Fsp3) is 0.588. The van der Waals surface area contributed by atoms with E-state index in [2.05, 4.69) is 30.0 Å². The molecule has 2 nitrogen and oxygen atoms in total. The SMILES string of the molecule is Cc1ccc(C#N)cc1N1CC2(CCCCCC2)C1. The molecule has 0 radical (unpaired) electrons. The van der Waals surface area contributed by atoms with Gasteiger partial charge in [0.15, 0.2) is 0 Å². The molecule has 1 saturated heterocycles. The average molecular weight is 254 g/mol. The Morgan fingerprint density at radius 3 is 2.42 bits per heavy atom. The van der Waals surface area contributed by atoms with E-state index in [1.165, 1.54) is 62.9 Å². The first-order valence-corrected chi connectivity index (χ1v) is 7.48. The third kappa shape index (κ3) is 2.34. The monoisotopic (exact) mass is 254 g/mol. The zero-order valence-corrected chi connectivity index (χ0v) is 11.8. The molecule has 1 aromatic rings. The molecule has 1 aliphatic carbocycles. The van der Waals surface area contributed by atoms with E-state index in [9.17, 15) is 0 Å². The lowest BCUT2D eigenvalue weighted by molar-refractivity contribution is 0.180. The van der Waals surface area contributed by atoms with Gasteiger partial charge in [0.05, 0.1) is 11.6 Å². The van der Waals surface area contributed by atoms with Crippen molar-refractivity contribution in [2.24, 2.45) is 5.41 Å². The van der Waals surface area contributed by atoms with E-state index in [4.69, 9.17) is 5.26 Å². The maximum absolute atomic E-state index is 9.04. The van der Waals surface area contributed by atoms with Crippen molar-refractivity contribution in [3.05, 3.63) is 29.3 Å². The van der Waals surface area contributed by atoms with Crippen LogP contribution in [-0.2, 0) is 0 Å². The molecule has 1 heterocycles. The van der Waals surface area contributed by atoms with Crippen molar-refractivity contribution in [1.29, 1.82) is 5.26 Å². The van der Waals surface area contributed by atoms with Crippen LogP contribution < -0.4 is 4.90 Å². The molecule has 3 rings (SSSR count). The molecule has 0 N–H and O–H groups in total. The molecule has 0 atom stereocenters. The number of hydrogen-bond donors (Lipinski definition) is 0. The summed E-state index contributed by atoms with van der Waals surface area (Å²) in [5.74, 6) is 0. The second-order valence-electron chi connectivity index (χ2n) is 6.38. The topological polar surface area (TPSA) is 27.0 Å². The highest BCUT2D eigenvalue weighted by Crippen LogP contribution is 2.45. The number of anilines is 1. The molecule has 100 valence electrons. The second kappa shape index (κ2) is 4.89. The summed E-state index contributed by atoms with van der Waals surface area (Å²) in [4.78, 5) is 2.47. The Morgan fingerprint density at radius 1 is 1.11 bits per heavy atom. The van der Waals surface area contributed by atoms with Gasteiger partial charge in [-0.3, -0.25) is 0 Å². The Morgan fingerprint density at radius 2 is 1.79 bits per heavy atom. The van der Waals surface area contributed by atoms with Crippen LogP contribution in [0.2, 0.25) is 0 Å². The normalized spacial score (nSPS) is 21.6. The van der Waals surface area contributed by atoms with Gasteiger partial charge in [0.2, 0.25) is 0 Å². The minimum Gasteiger partial charge on any atom is -0.370 e. The van der Waals surface area contributed by atoms with E-state index in [0.29, 0.717) is 5.41 Å². The molecule has 1 aromatic carbocycles. The van der Waals surface area contributed by atoms with Gasteiger partial charge in [-0.15, -0.1) is 0 Å². The number of hydrogen-bond acceptors (Lipinski definition) is 2. The second-order valence-corrected chi connectivity index (χ2v) is 6.38. The van der Waals surface area contributed by atoms with Gasteiger partial charge in [0.25, 0.3) is 0 Å². The molecule has 1 spiro atoms. The van der Waals surface area contributed by atoms with Gasteiger partial charge >= 0.3 is 0 Å². The van der Waals surface area contributed by atoms with Crippen LogP contribution in [0.1, 0.15) is 49.7 Å². The lowest BCUT2D eigenvalue weighted by atomic mass is 9.73. The number of rotatable bonds is 1. The lowest BCUT2D eigenvalue weighted by Crippen LogP contribution is -2.56. The Balaban J connectivity index is 1.75. The molecule has 0 bridgehead atoms. The summed E-state index contributed by atoms with van der Waals surface area (Å²) in [7, 11) is 0. The quantitative estimate of drug-likeness (QED) is 0.756. The highest BCUT2D eigenvalue weighted by Gasteiger charge is 2.42. The zero-order chi connectivity index (χ0) is 13.3. The van der Waals surface area contributed by atoms with Crippen molar-refractivity contribution in [3.8, 4) is 6.07 Å². The van der Waals surface area contributed by atoms with E-state index >= 15 is 0 Å². The van der Waals surface area contributed by atoms with Gasteiger partial charge in [-0.1, -0.05) is 31.7 Å². The smallest absolute Gasteiger partial charge is 0.0992 e. The fourth-order valence-electron chi connectivity index (χ4n) is 3.75. The zero-order valence-electron chi connectivity index (χ0n) is 11.8. The van der Waals surface area contributed by atoms with Crippen LogP contribution in [0.15, 0.2) is 18.2 Å². The van der Waals surface area contributed by atoms with Crippen molar-refractivity contribution in [1.82, 2.24) is 0 Å². The highest BCUT2D eigenvalue weighted by atomic mass is 15.2. The highest BCUT2D eigenvalue weighted by molar-refractivity contribution is 5.59. The van der Waals surface area contributed by atoms with Gasteiger partial charge in [-0.05, 0) is 37.5 Å². The molecule has 0 amide bonds. The molecule has 2 heteroatoms. The molecule has 0 unspecified atom stereocenters. The Hall–Kier alpha value is -1.49. The molecular weight excluding hydrogens is 232 g/mol. The van der Waals surface area contributed by atoms with E-state index in [1.54, 1.807) is 0 Å². The molecule has 19 heavy (non-hydrogen) atoms. The summed E-state index contributed by atoms with van der Waals surface area (Å²) < 4.78 is 0. The van der Waals surface area contributed by atoms with Crippen LogP contribution in [0.5, 0.6) is 0 Å². The predicted molar refractivity (Wildman–Crippen MR) is 78.2 cm³/mol. The first kappa shape index (κ1) is 12.5. The molecular formula is C17H22N2. The molecule has 1 aliphatic heterocycles. The summed E-state index contributed by atoms with van der Waals surface area (Å²) in [6.45, 7) is 4.54. The van der Waals surface area contributed by atoms with Crippen molar-refractivity contribution in [3.63, 3.8) is 0 Å². The van der Waals surface area contributed by atoms with Gasteiger partial charge in [-0.2, -0.15) is 5.26 Å². The summed E-state index contributed by atoms with van der Waals surface area (Å²) in [5.41, 5.74) is 3.93. The Labute approximate surface area is 116 Å². The van der Waals surface area contributed by atoms with Crippen LogP contribution in [-0.4, -0.2) is 13.1 Å². The number of benzene rings is 1. The van der Waals surface area contributed by atoms with Crippen LogP contribution in [0.4, 0.5) is 5.69 Å². The maximum atomic E-state index is 9.04. The van der Waals surface area contributed by atoms with E-state index in [1.807, 2.05) is 6.07 Å². The van der Waals surface area contributed by atoms with Crippen molar-refractivity contribution < 1.29 is 0 Å². The van der Waals surface area contributed by atoms with Crippen LogP contribution in [0.3, 0.4) is 0 Å². The maximum Gasteiger partial charge on any atom is 0.0992 e. The average Bonchev–Trinajstić information content (AvgIpc) is 2.63. The van der Waals surface area contributed by atoms with Gasteiger partial charge in [-0.25, -0.2) is 0 Å². The molecule has 2 fully saturated rings. The lowest BCUT2D eigenvalue weighted by Gasteiger charge is -2.52. The number of nitrogens with zero attached hydrogens (tertiary/aromatic N) is 2.